The quantitative estimate of drug-likeness (QED) is 0.222. The van der Waals surface area contributed by atoms with Crippen LogP contribution < -0.4 is 10.4 Å². The van der Waals surface area contributed by atoms with Crippen molar-refractivity contribution in [2.24, 2.45) is 10.2 Å². The number of halogens is 1. The molecule has 32 heavy (non-hydrogen) atoms. The molecule has 0 amide bonds. The van der Waals surface area contributed by atoms with Crippen LogP contribution in [0.1, 0.15) is 43.7 Å². The summed E-state index contributed by atoms with van der Waals surface area (Å²) >= 11 is 1.46. The van der Waals surface area contributed by atoms with Crippen LogP contribution in [0.2, 0.25) is 0 Å². The number of hydrogen-bond donors (Lipinski definition) is 0. The smallest absolute Gasteiger partial charge is 0.345 e. The highest BCUT2D eigenvalue weighted by Crippen LogP contribution is 2.32. The molecule has 0 radical (unpaired) electrons. The van der Waals surface area contributed by atoms with Gasteiger partial charge in [-0.15, -0.1) is 16.4 Å². The number of para-hydroxylation sites is 1. The zero-order chi connectivity index (χ0) is 21.9. The van der Waals surface area contributed by atoms with Crippen LogP contribution in [0.25, 0.3) is 22.2 Å². The molecule has 2 heterocycles. The van der Waals surface area contributed by atoms with E-state index in [2.05, 4.69) is 14.8 Å². The van der Waals surface area contributed by atoms with Gasteiger partial charge in [-0.25, -0.2) is 9.18 Å². The van der Waals surface area contributed by atoms with Crippen LogP contribution in [0.3, 0.4) is 0 Å². The van der Waals surface area contributed by atoms with E-state index in [-0.39, 0.29) is 17.5 Å². The fourth-order valence-corrected chi connectivity index (χ4v) is 5.13. The molecule has 2 aromatic heterocycles. The molecule has 4 aromatic rings. The van der Waals surface area contributed by atoms with E-state index in [1.54, 1.807) is 24.4 Å². The maximum atomic E-state index is 13.1. The van der Waals surface area contributed by atoms with Crippen LogP contribution in [-0.2, 0) is 0 Å². The average molecular weight is 448 g/mol. The number of rotatable bonds is 4. The molecule has 1 saturated carbocycles. The highest BCUT2D eigenvalue weighted by Gasteiger charge is 2.22. The fraction of sp³-hybridized carbons (Fsp3) is 0.240. The van der Waals surface area contributed by atoms with Gasteiger partial charge in [0, 0.05) is 16.8 Å². The molecular weight excluding hydrogens is 425 g/mol. The Kier molecular flexibility index (Phi) is 5.81. The molecular formula is C25H22FN3O2S. The van der Waals surface area contributed by atoms with E-state index in [0.29, 0.717) is 11.1 Å². The second-order valence-corrected chi connectivity index (χ2v) is 8.78. The SMILES string of the molecule is O=c1oc2ccccc2cc1-c1cs/c(=N\N=C/c2ccc(F)cc2)n1C1CCCCC1. The lowest BCUT2D eigenvalue weighted by molar-refractivity contribution is 0.350. The van der Waals surface area contributed by atoms with E-state index in [9.17, 15) is 9.18 Å². The summed E-state index contributed by atoms with van der Waals surface area (Å²) in [4.78, 5) is 13.6. The Morgan fingerprint density at radius 3 is 2.66 bits per heavy atom. The minimum atomic E-state index is -0.354. The molecule has 0 spiro atoms. The first-order valence-corrected chi connectivity index (χ1v) is 11.6. The average Bonchev–Trinajstić information content (AvgIpc) is 3.24. The van der Waals surface area contributed by atoms with E-state index in [0.717, 1.165) is 47.1 Å². The van der Waals surface area contributed by atoms with Gasteiger partial charge in [0.25, 0.3) is 0 Å². The largest absolute Gasteiger partial charge is 0.422 e. The van der Waals surface area contributed by atoms with Gasteiger partial charge in [0.2, 0.25) is 4.80 Å². The molecule has 0 bridgehead atoms. The lowest BCUT2D eigenvalue weighted by Crippen LogP contribution is -2.24. The monoisotopic (exact) mass is 447 g/mol. The molecule has 5 nitrogen and oxygen atoms in total. The number of thiazole rings is 1. The summed E-state index contributed by atoms with van der Waals surface area (Å²) < 4.78 is 20.9. The molecule has 1 fully saturated rings. The molecule has 1 aliphatic carbocycles. The summed E-state index contributed by atoms with van der Waals surface area (Å²) in [6.45, 7) is 0. The summed E-state index contributed by atoms with van der Waals surface area (Å²) in [5.74, 6) is -0.286. The summed E-state index contributed by atoms with van der Waals surface area (Å²) in [6.07, 6.45) is 7.21. The molecule has 0 N–H and O–H groups in total. The number of hydrogen-bond acceptors (Lipinski definition) is 5. The number of benzene rings is 2. The van der Waals surface area contributed by atoms with Crippen LogP contribution in [0.5, 0.6) is 0 Å². The maximum Gasteiger partial charge on any atom is 0.345 e. The molecule has 0 unspecified atom stereocenters. The molecule has 7 heteroatoms. The second kappa shape index (κ2) is 9.04. The Hall–Kier alpha value is -3.32. The van der Waals surface area contributed by atoms with Crippen molar-refractivity contribution in [3.63, 3.8) is 0 Å². The van der Waals surface area contributed by atoms with Crippen molar-refractivity contribution >= 4 is 28.5 Å². The lowest BCUT2D eigenvalue weighted by atomic mass is 9.95. The molecule has 2 aromatic carbocycles. The van der Waals surface area contributed by atoms with Crippen molar-refractivity contribution < 1.29 is 8.81 Å². The van der Waals surface area contributed by atoms with Crippen molar-refractivity contribution in [1.82, 2.24) is 4.57 Å². The first-order chi connectivity index (χ1) is 15.7. The van der Waals surface area contributed by atoms with Crippen LogP contribution >= 0.6 is 11.3 Å². The fourth-order valence-electron chi connectivity index (χ4n) is 4.22. The minimum absolute atomic E-state index is 0.260. The maximum absolute atomic E-state index is 13.1. The summed E-state index contributed by atoms with van der Waals surface area (Å²) in [5.41, 5.74) is 2.35. The molecule has 0 saturated heterocycles. The van der Waals surface area contributed by atoms with Gasteiger partial charge < -0.3 is 8.98 Å². The van der Waals surface area contributed by atoms with Gasteiger partial charge in [0.1, 0.15) is 11.4 Å². The van der Waals surface area contributed by atoms with Crippen molar-refractivity contribution in [3.8, 4) is 11.3 Å². The van der Waals surface area contributed by atoms with Gasteiger partial charge in [-0.1, -0.05) is 49.6 Å². The molecule has 0 aliphatic heterocycles. The zero-order valence-corrected chi connectivity index (χ0v) is 18.2. The Morgan fingerprint density at radius 2 is 1.84 bits per heavy atom. The Bertz CT molecular complexity index is 1390. The number of fused-ring (bicyclic) bond motifs is 1. The van der Waals surface area contributed by atoms with Gasteiger partial charge in [-0.05, 0) is 42.7 Å². The van der Waals surface area contributed by atoms with Crippen LogP contribution in [-0.4, -0.2) is 10.8 Å². The van der Waals surface area contributed by atoms with E-state index >= 15 is 0 Å². The minimum Gasteiger partial charge on any atom is -0.422 e. The zero-order valence-electron chi connectivity index (χ0n) is 17.4. The Labute approximate surface area is 188 Å². The Balaban J connectivity index is 1.61. The molecule has 1 aliphatic rings. The first-order valence-electron chi connectivity index (χ1n) is 10.7. The first kappa shape index (κ1) is 20.6. The third-order valence-electron chi connectivity index (χ3n) is 5.82. The normalized spacial score (nSPS) is 15.7. The third-order valence-corrected chi connectivity index (χ3v) is 6.65. The predicted octanol–water partition coefficient (Wildman–Crippen LogP) is 5.90. The van der Waals surface area contributed by atoms with E-state index in [1.807, 2.05) is 29.6 Å². The second-order valence-electron chi connectivity index (χ2n) is 7.95. The molecule has 0 atom stereocenters. The van der Waals surface area contributed by atoms with Crippen LogP contribution in [0.15, 0.2) is 79.4 Å². The lowest BCUT2D eigenvalue weighted by Gasteiger charge is -2.24. The van der Waals surface area contributed by atoms with Gasteiger partial charge in [-0.3, -0.25) is 0 Å². The van der Waals surface area contributed by atoms with Gasteiger partial charge >= 0.3 is 5.63 Å². The van der Waals surface area contributed by atoms with Crippen molar-refractivity contribution in [2.75, 3.05) is 0 Å². The Morgan fingerprint density at radius 1 is 1.06 bits per heavy atom. The topological polar surface area (TPSA) is 59.9 Å². The van der Waals surface area contributed by atoms with Crippen molar-refractivity contribution in [1.29, 1.82) is 0 Å². The third kappa shape index (κ3) is 4.21. The van der Waals surface area contributed by atoms with Crippen LogP contribution in [0, 0.1) is 5.82 Å². The number of nitrogens with zero attached hydrogens (tertiary/aromatic N) is 3. The van der Waals surface area contributed by atoms with Gasteiger partial charge in [-0.2, -0.15) is 5.10 Å². The van der Waals surface area contributed by atoms with Crippen molar-refractivity contribution in [3.05, 3.63) is 86.6 Å². The van der Waals surface area contributed by atoms with Crippen LogP contribution in [0.4, 0.5) is 4.39 Å². The van der Waals surface area contributed by atoms with Gasteiger partial charge in [0.05, 0.1) is 17.5 Å². The van der Waals surface area contributed by atoms with E-state index in [1.165, 1.54) is 29.9 Å². The highest BCUT2D eigenvalue weighted by molar-refractivity contribution is 7.07. The van der Waals surface area contributed by atoms with E-state index < -0.39 is 0 Å². The summed E-state index contributed by atoms with van der Waals surface area (Å²) in [7, 11) is 0. The predicted molar refractivity (Wildman–Crippen MR) is 125 cm³/mol. The molecule has 162 valence electrons. The molecule has 5 rings (SSSR count). The van der Waals surface area contributed by atoms with Gasteiger partial charge in [0.15, 0.2) is 0 Å². The van der Waals surface area contributed by atoms with E-state index in [4.69, 9.17) is 4.42 Å². The van der Waals surface area contributed by atoms with Crippen molar-refractivity contribution in [2.45, 2.75) is 38.1 Å². The highest BCUT2D eigenvalue weighted by atomic mass is 32.1. The summed E-state index contributed by atoms with van der Waals surface area (Å²) in [5, 5.41) is 11.5. The summed E-state index contributed by atoms with van der Waals surface area (Å²) in [6, 6.07) is 15.8. The standard InChI is InChI=1S/C25H22FN3O2S/c26-19-12-10-17(11-13-19)15-27-28-25-29(20-7-2-1-3-8-20)22(16-32-25)21-14-18-6-4-5-9-23(18)31-24(21)30/h4-6,9-16,20H,1-3,7-8H2/b27-15-,28-25-. The number of aromatic nitrogens is 1.